The van der Waals surface area contributed by atoms with Gasteiger partial charge in [0.15, 0.2) is 0 Å². The second-order valence-corrected chi connectivity index (χ2v) is 6.95. The van der Waals surface area contributed by atoms with Crippen LogP contribution in [0.5, 0.6) is 0 Å². The average Bonchev–Trinajstić information content (AvgIpc) is 2.69. The Labute approximate surface area is 105 Å². The number of aliphatic hydroxyl groups excluding tert-OH is 1. The summed E-state index contributed by atoms with van der Waals surface area (Å²) in [6.45, 7) is 6.63. The van der Waals surface area contributed by atoms with Gasteiger partial charge in [0, 0.05) is 16.8 Å². The third kappa shape index (κ3) is 5.07. The van der Waals surface area contributed by atoms with Gasteiger partial charge in [-0.15, -0.1) is 0 Å². The molecule has 1 unspecified atom stereocenters. The van der Waals surface area contributed by atoms with Crippen molar-refractivity contribution in [2.75, 3.05) is 12.4 Å². The number of hydrogen-bond donors (Lipinski definition) is 2. The molecule has 0 saturated heterocycles. The highest BCUT2D eigenvalue weighted by molar-refractivity contribution is 7.99. The molecule has 1 aliphatic carbocycles. The van der Waals surface area contributed by atoms with Crippen molar-refractivity contribution in [2.45, 2.75) is 69.7 Å². The number of aliphatic hydroxyl groups is 1. The normalized spacial score (nSPS) is 21.6. The molecule has 0 spiro atoms. The molecule has 1 rings (SSSR count). The monoisotopic (exact) mass is 245 g/mol. The summed E-state index contributed by atoms with van der Waals surface area (Å²) in [6, 6.07) is 0.439. The van der Waals surface area contributed by atoms with Crippen molar-refractivity contribution < 1.29 is 5.11 Å². The maximum Gasteiger partial charge on any atom is 0.0610 e. The molecule has 2 nitrogen and oxygen atoms in total. The van der Waals surface area contributed by atoms with E-state index in [-0.39, 0.29) is 12.1 Å². The van der Waals surface area contributed by atoms with Crippen LogP contribution in [0.2, 0.25) is 0 Å². The summed E-state index contributed by atoms with van der Waals surface area (Å²) in [6.07, 6.45) is 6.69. The Morgan fingerprint density at radius 2 is 2.00 bits per heavy atom. The van der Waals surface area contributed by atoms with Gasteiger partial charge in [-0.25, -0.2) is 0 Å². The van der Waals surface area contributed by atoms with Gasteiger partial charge >= 0.3 is 0 Å². The minimum absolute atomic E-state index is 0.0974. The minimum atomic E-state index is -0.0974. The van der Waals surface area contributed by atoms with Crippen LogP contribution in [0.1, 0.15) is 52.9 Å². The first-order valence-electron chi connectivity index (χ1n) is 6.56. The van der Waals surface area contributed by atoms with Crippen LogP contribution >= 0.6 is 11.8 Å². The molecule has 1 fully saturated rings. The van der Waals surface area contributed by atoms with Gasteiger partial charge in [0.05, 0.1) is 6.61 Å². The molecule has 1 saturated carbocycles. The summed E-state index contributed by atoms with van der Waals surface area (Å²) in [4.78, 5) is 0. The molecule has 0 aromatic heterocycles. The van der Waals surface area contributed by atoms with Crippen molar-refractivity contribution in [1.29, 1.82) is 0 Å². The zero-order valence-corrected chi connectivity index (χ0v) is 11.8. The summed E-state index contributed by atoms with van der Waals surface area (Å²) >= 11 is 2.10. The van der Waals surface area contributed by atoms with Gasteiger partial charge in [0.1, 0.15) is 0 Å². The molecular weight excluding hydrogens is 218 g/mol. The first-order valence-corrected chi connectivity index (χ1v) is 7.61. The van der Waals surface area contributed by atoms with Crippen LogP contribution < -0.4 is 5.32 Å². The molecule has 1 atom stereocenters. The first kappa shape index (κ1) is 14.3. The van der Waals surface area contributed by atoms with Gasteiger partial charge in [0.25, 0.3) is 0 Å². The maximum atomic E-state index is 9.45. The predicted molar refractivity (Wildman–Crippen MR) is 73.1 cm³/mol. The Morgan fingerprint density at radius 1 is 1.38 bits per heavy atom. The Hall–Kier alpha value is 0.270. The average molecular weight is 245 g/mol. The van der Waals surface area contributed by atoms with Crippen LogP contribution in [-0.2, 0) is 0 Å². The molecule has 96 valence electrons. The quantitative estimate of drug-likeness (QED) is 0.723. The fourth-order valence-electron chi connectivity index (χ4n) is 2.40. The second-order valence-electron chi connectivity index (χ2n) is 5.55. The van der Waals surface area contributed by atoms with Crippen LogP contribution in [-0.4, -0.2) is 34.3 Å². The summed E-state index contributed by atoms with van der Waals surface area (Å²) in [5.41, 5.74) is -0.0974. The highest BCUT2D eigenvalue weighted by Crippen LogP contribution is 2.30. The van der Waals surface area contributed by atoms with Crippen molar-refractivity contribution >= 4 is 11.8 Å². The van der Waals surface area contributed by atoms with E-state index in [1.807, 2.05) is 0 Å². The molecule has 2 N–H and O–H groups in total. The number of hydrogen-bond acceptors (Lipinski definition) is 3. The van der Waals surface area contributed by atoms with Crippen LogP contribution in [0, 0.1) is 0 Å². The Morgan fingerprint density at radius 3 is 2.50 bits per heavy atom. The lowest BCUT2D eigenvalue weighted by Gasteiger charge is -2.31. The number of nitrogens with one attached hydrogen (secondary N) is 1. The topological polar surface area (TPSA) is 32.3 Å². The lowest BCUT2D eigenvalue weighted by Crippen LogP contribution is -2.49. The van der Waals surface area contributed by atoms with Gasteiger partial charge in [-0.05, 0) is 31.9 Å². The van der Waals surface area contributed by atoms with Crippen LogP contribution in [0.3, 0.4) is 0 Å². The van der Waals surface area contributed by atoms with Crippen LogP contribution in [0.25, 0.3) is 0 Å². The van der Waals surface area contributed by atoms with Gasteiger partial charge in [0.2, 0.25) is 0 Å². The molecule has 0 aliphatic heterocycles. The molecular formula is C13H27NOS. The summed E-state index contributed by atoms with van der Waals surface area (Å²) in [7, 11) is 0. The van der Waals surface area contributed by atoms with Crippen molar-refractivity contribution in [3.8, 4) is 0 Å². The van der Waals surface area contributed by atoms with Crippen molar-refractivity contribution in [2.24, 2.45) is 0 Å². The fourth-order valence-corrected chi connectivity index (χ4v) is 3.97. The van der Waals surface area contributed by atoms with Gasteiger partial charge in [-0.2, -0.15) is 11.8 Å². The summed E-state index contributed by atoms with van der Waals surface area (Å²) < 4.78 is 0. The Bertz CT molecular complexity index is 192. The molecule has 0 aromatic carbocycles. The minimum Gasteiger partial charge on any atom is -0.394 e. The largest absolute Gasteiger partial charge is 0.394 e. The highest BCUT2D eigenvalue weighted by Gasteiger charge is 2.24. The van der Waals surface area contributed by atoms with E-state index >= 15 is 0 Å². The lowest BCUT2D eigenvalue weighted by molar-refractivity contribution is 0.162. The van der Waals surface area contributed by atoms with Gasteiger partial charge in [-0.3, -0.25) is 0 Å². The van der Waals surface area contributed by atoms with E-state index in [0.29, 0.717) is 6.04 Å². The molecule has 0 amide bonds. The summed E-state index contributed by atoms with van der Waals surface area (Å²) in [5.74, 6) is 1.17. The van der Waals surface area contributed by atoms with Crippen LogP contribution in [0.4, 0.5) is 0 Å². The van der Waals surface area contributed by atoms with Crippen molar-refractivity contribution in [3.63, 3.8) is 0 Å². The zero-order chi connectivity index (χ0) is 12.0. The van der Waals surface area contributed by atoms with Crippen LogP contribution in [0.15, 0.2) is 0 Å². The van der Waals surface area contributed by atoms with E-state index in [4.69, 9.17) is 0 Å². The standard InChI is InChI=1S/C13H27NOS/c1-11(2)14-13(3,10-15)8-9-16-12-6-4-5-7-12/h11-12,14-15H,4-10H2,1-3H3. The van der Waals surface area contributed by atoms with E-state index in [9.17, 15) is 5.11 Å². The maximum absolute atomic E-state index is 9.45. The predicted octanol–water partition coefficient (Wildman–Crippen LogP) is 2.80. The van der Waals surface area contributed by atoms with E-state index in [2.05, 4.69) is 37.8 Å². The SMILES string of the molecule is CC(C)NC(C)(CO)CCSC1CCCC1. The molecule has 0 radical (unpaired) electrons. The molecule has 1 aliphatic rings. The highest BCUT2D eigenvalue weighted by atomic mass is 32.2. The third-order valence-corrected chi connectivity index (χ3v) is 4.68. The molecule has 3 heteroatoms. The number of thioether (sulfide) groups is 1. The van der Waals surface area contributed by atoms with Crippen molar-refractivity contribution in [3.05, 3.63) is 0 Å². The third-order valence-electron chi connectivity index (χ3n) is 3.30. The van der Waals surface area contributed by atoms with E-state index in [1.165, 1.54) is 31.4 Å². The van der Waals surface area contributed by atoms with Gasteiger partial charge in [-0.1, -0.05) is 26.7 Å². The van der Waals surface area contributed by atoms with E-state index in [0.717, 1.165) is 11.7 Å². The second kappa shape index (κ2) is 6.87. The lowest BCUT2D eigenvalue weighted by atomic mass is 9.99. The Kier molecular flexibility index (Phi) is 6.16. The number of rotatable bonds is 7. The zero-order valence-electron chi connectivity index (χ0n) is 11.0. The van der Waals surface area contributed by atoms with Crippen molar-refractivity contribution in [1.82, 2.24) is 5.32 Å². The molecule has 16 heavy (non-hydrogen) atoms. The summed E-state index contributed by atoms with van der Waals surface area (Å²) in [5, 5.41) is 13.8. The molecule has 0 heterocycles. The van der Waals surface area contributed by atoms with E-state index in [1.54, 1.807) is 0 Å². The van der Waals surface area contributed by atoms with E-state index < -0.39 is 0 Å². The molecule has 0 bridgehead atoms. The fraction of sp³-hybridized carbons (Fsp3) is 1.00. The Balaban J connectivity index is 2.21. The smallest absolute Gasteiger partial charge is 0.0610 e. The van der Waals surface area contributed by atoms with Gasteiger partial charge < -0.3 is 10.4 Å². The first-order chi connectivity index (χ1) is 7.56. The molecule has 0 aromatic rings.